The zero-order chi connectivity index (χ0) is 6.69. The molecule has 2 nitrogen and oxygen atoms in total. The van der Waals surface area contributed by atoms with E-state index in [0.29, 0.717) is 13.2 Å². The summed E-state index contributed by atoms with van der Waals surface area (Å²) in [6, 6.07) is 0. The van der Waals surface area contributed by atoms with Crippen molar-refractivity contribution in [2.45, 2.75) is 12.6 Å². The van der Waals surface area contributed by atoms with Crippen LogP contribution in [-0.2, 0) is 4.74 Å². The molecular formula is C6H12FNO. The van der Waals surface area contributed by atoms with Crippen LogP contribution < -0.4 is 5.73 Å². The molecule has 0 amide bonds. The zero-order valence-electron chi connectivity index (χ0n) is 5.35. The minimum atomic E-state index is -0.770. The smallest absolute Gasteiger partial charge is 0.128 e. The van der Waals surface area contributed by atoms with Gasteiger partial charge >= 0.3 is 0 Å². The summed E-state index contributed by atoms with van der Waals surface area (Å²) in [6.45, 7) is 1.39. The molecule has 0 aliphatic carbocycles. The number of hydrogen-bond acceptors (Lipinski definition) is 2. The molecule has 0 aromatic heterocycles. The van der Waals surface area contributed by atoms with E-state index in [4.69, 9.17) is 10.5 Å². The molecule has 54 valence electrons. The van der Waals surface area contributed by atoms with Crippen molar-refractivity contribution in [3.63, 3.8) is 0 Å². The SMILES string of the molecule is NCCC1COCC1F. The van der Waals surface area contributed by atoms with E-state index in [0.717, 1.165) is 6.42 Å². The molecule has 1 heterocycles. The van der Waals surface area contributed by atoms with Crippen LogP contribution in [0.25, 0.3) is 0 Å². The Bertz CT molecular complexity index is 89.1. The first-order valence-corrected chi connectivity index (χ1v) is 3.26. The summed E-state index contributed by atoms with van der Waals surface area (Å²) in [5.41, 5.74) is 5.25. The maximum Gasteiger partial charge on any atom is 0.128 e. The zero-order valence-corrected chi connectivity index (χ0v) is 5.35. The van der Waals surface area contributed by atoms with E-state index in [1.165, 1.54) is 0 Å². The predicted molar refractivity (Wildman–Crippen MR) is 32.9 cm³/mol. The van der Waals surface area contributed by atoms with Crippen LogP contribution in [-0.4, -0.2) is 25.9 Å². The third kappa shape index (κ3) is 1.63. The van der Waals surface area contributed by atoms with Gasteiger partial charge in [-0.3, -0.25) is 0 Å². The van der Waals surface area contributed by atoms with Gasteiger partial charge in [-0.1, -0.05) is 0 Å². The van der Waals surface area contributed by atoms with Crippen molar-refractivity contribution in [1.82, 2.24) is 0 Å². The van der Waals surface area contributed by atoms with Crippen molar-refractivity contribution in [2.24, 2.45) is 11.7 Å². The Morgan fingerprint density at radius 1 is 1.56 bits per heavy atom. The summed E-state index contributed by atoms with van der Waals surface area (Å²) in [4.78, 5) is 0. The van der Waals surface area contributed by atoms with Gasteiger partial charge in [-0.15, -0.1) is 0 Å². The number of alkyl halides is 1. The summed E-state index contributed by atoms with van der Waals surface area (Å²) < 4.78 is 17.5. The van der Waals surface area contributed by atoms with Gasteiger partial charge in [0.1, 0.15) is 6.17 Å². The second-order valence-corrected chi connectivity index (χ2v) is 2.39. The molecule has 3 heteroatoms. The fourth-order valence-electron chi connectivity index (χ4n) is 1.05. The van der Waals surface area contributed by atoms with Gasteiger partial charge < -0.3 is 10.5 Å². The lowest BCUT2D eigenvalue weighted by Gasteiger charge is -2.06. The van der Waals surface area contributed by atoms with Crippen LogP contribution in [0.4, 0.5) is 4.39 Å². The van der Waals surface area contributed by atoms with Gasteiger partial charge in [-0.2, -0.15) is 0 Å². The number of hydrogen-bond donors (Lipinski definition) is 1. The largest absolute Gasteiger partial charge is 0.378 e. The van der Waals surface area contributed by atoms with Crippen molar-refractivity contribution in [2.75, 3.05) is 19.8 Å². The Morgan fingerprint density at radius 3 is 2.78 bits per heavy atom. The Kier molecular flexibility index (Phi) is 2.42. The topological polar surface area (TPSA) is 35.2 Å². The first kappa shape index (κ1) is 6.96. The summed E-state index contributed by atoms with van der Waals surface area (Å²) in [5.74, 6) is 0.0648. The molecule has 0 bridgehead atoms. The van der Waals surface area contributed by atoms with E-state index in [1.54, 1.807) is 0 Å². The Labute approximate surface area is 54.2 Å². The van der Waals surface area contributed by atoms with E-state index in [9.17, 15) is 4.39 Å². The molecule has 0 aromatic rings. The molecule has 1 rings (SSSR count). The highest BCUT2D eigenvalue weighted by molar-refractivity contribution is 4.74. The molecule has 0 aromatic carbocycles. The number of ether oxygens (including phenoxy) is 1. The molecule has 2 unspecified atom stereocenters. The van der Waals surface area contributed by atoms with Crippen LogP contribution in [0.1, 0.15) is 6.42 Å². The molecule has 2 atom stereocenters. The Balaban J connectivity index is 2.22. The first-order chi connectivity index (χ1) is 4.34. The van der Waals surface area contributed by atoms with Crippen LogP contribution >= 0.6 is 0 Å². The molecule has 0 radical (unpaired) electrons. The first-order valence-electron chi connectivity index (χ1n) is 3.26. The van der Waals surface area contributed by atoms with E-state index < -0.39 is 6.17 Å². The van der Waals surface area contributed by atoms with Gasteiger partial charge in [0.25, 0.3) is 0 Å². The van der Waals surface area contributed by atoms with Crippen molar-refractivity contribution >= 4 is 0 Å². The van der Waals surface area contributed by atoms with Crippen LogP contribution in [0.2, 0.25) is 0 Å². The third-order valence-corrected chi connectivity index (χ3v) is 1.66. The second kappa shape index (κ2) is 3.13. The van der Waals surface area contributed by atoms with Gasteiger partial charge in [0.05, 0.1) is 13.2 Å². The van der Waals surface area contributed by atoms with Gasteiger partial charge in [-0.05, 0) is 13.0 Å². The maximum atomic E-state index is 12.6. The highest BCUT2D eigenvalue weighted by Gasteiger charge is 2.26. The summed E-state index contributed by atoms with van der Waals surface area (Å²) in [5, 5.41) is 0. The average molecular weight is 133 g/mol. The molecule has 1 saturated heterocycles. The van der Waals surface area contributed by atoms with E-state index in [2.05, 4.69) is 0 Å². The molecule has 1 aliphatic heterocycles. The van der Waals surface area contributed by atoms with E-state index in [1.807, 2.05) is 0 Å². The number of rotatable bonds is 2. The summed E-state index contributed by atoms with van der Waals surface area (Å²) in [6.07, 6.45) is -0.0187. The highest BCUT2D eigenvalue weighted by atomic mass is 19.1. The van der Waals surface area contributed by atoms with Crippen molar-refractivity contribution < 1.29 is 9.13 Å². The van der Waals surface area contributed by atoms with Gasteiger partial charge in [0.15, 0.2) is 0 Å². The molecule has 9 heavy (non-hydrogen) atoms. The lowest BCUT2D eigenvalue weighted by Crippen LogP contribution is -2.17. The molecule has 0 saturated carbocycles. The lowest BCUT2D eigenvalue weighted by molar-refractivity contribution is 0.172. The fraction of sp³-hybridized carbons (Fsp3) is 1.00. The molecular weight excluding hydrogens is 121 g/mol. The predicted octanol–water partition coefficient (Wildman–Crippen LogP) is 0.320. The molecule has 1 aliphatic rings. The second-order valence-electron chi connectivity index (χ2n) is 2.39. The standard InChI is InChI=1S/C6H12FNO/c7-6-4-9-3-5(6)1-2-8/h5-6H,1-4,8H2. The van der Waals surface area contributed by atoms with Gasteiger partial charge in [-0.25, -0.2) is 4.39 Å². The molecule has 0 spiro atoms. The van der Waals surface area contributed by atoms with Crippen molar-refractivity contribution in [3.8, 4) is 0 Å². The Hall–Kier alpha value is -0.150. The monoisotopic (exact) mass is 133 g/mol. The minimum Gasteiger partial charge on any atom is -0.378 e. The Morgan fingerprint density at radius 2 is 2.33 bits per heavy atom. The van der Waals surface area contributed by atoms with Crippen molar-refractivity contribution in [1.29, 1.82) is 0 Å². The van der Waals surface area contributed by atoms with Crippen LogP contribution in [0.5, 0.6) is 0 Å². The van der Waals surface area contributed by atoms with E-state index in [-0.39, 0.29) is 12.5 Å². The van der Waals surface area contributed by atoms with Crippen molar-refractivity contribution in [3.05, 3.63) is 0 Å². The third-order valence-electron chi connectivity index (χ3n) is 1.66. The summed E-state index contributed by atoms with van der Waals surface area (Å²) in [7, 11) is 0. The lowest BCUT2D eigenvalue weighted by atomic mass is 10.0. The van der Waals surface area contributed by atoms with Crippen LogP contribution in [0.15, 0.2) is 0 Å². The van der Waals surface area contributed by atoms with Crippen LogP contribution in [0.3, 0.4) is 0 Å². The summed E-state index contributed by atoms with van der Waals surface area (Å²) >= 11 is 0. The van der Waals surface area contributed by atoms with Gasteiger partial charge in [0, 0.05) is 5.92 Å². The maximum absolute atomic E-state index is 12.6. The van der Waals surface area contributed by atoms with Crippen LogP contribution in [0, 0.1) is 5.92 Å². The number of halogens is 1. The van der Waals surface area contributed by atoms with E-state index >= 15 is 0 Å². The minimum absolute atomic E-state index is 0.0648. The normalized spacial score (nSPS) is 35.3. The quantitative estimate of drug-likeness (QED) is 0.588. The fourth-order valence-corrected chi connectivity index (χ4v) is 1.05. The molecule has 1 fully saturated rings. The highest BCUT2D eigenvalue weighted by Crippen LogP contribution is 2.19. The molecule has 2 N–H and O–H groups in total. The average Bonchev–Trinajstić information content (AvgIpc) is 2.18. The number of nitrogens with two attached hydrogens (primary N) is 1. The van der Waals surface area contributed by atoms with Gasteiger partial charge in [0.2, 0.25) is 0 Å².